The lowest BCUT2D eigenvalue weighted by atomic mass is 9.89. The van der Waals surface area contributed by atoms with Gasteiger partial charge in [-0.3, -0.25) is 0 Å². The molecule has 0 spiro atoms. The van der Waals surface area contributed by atoms with Crippen molar-refractivity contribution in [2.45, 2.75) is 63.5 Å². The number of nitrogens with one attached hydrogen (secondary N) is 1. The average molecular weight is 274 g/mol. The van der Waals surface area contributed by atoms with Crippen molar-refractivity contribution < 1.29 is 0 Å². The van der Waals surface area contributed by atoms with Gasteiger partial charge in [-0.15, -0.1) is 0 Å². The number of hydrogen-bond donors (Lipinski definition) is 1. The average Bonchev–Trinajstić information content (AvgIpc) is 2.48. The quantitative estimate of drug-likeness (QED) is 0.920. The van der Waals surface area contributed by atoms with Crippen LogP contribution >= 0.6 is 0 Å². The lowest BCUT2D eigenvalue weighted by molar-refractivity contribution is 0.319. The fraction of sp³-hybridized carbons (Fsp3) is 0.750. The van der Waals surface area contributed by atoms with Gasteiger partial charge in [0.25, 0.3) is 0 Å². The van der Waals surface area contributed by atoms with Crippen LogP contribution in [0.4, 0.5) is 5.95 Å². The molecule has 2 aliphatic carbocycles. The molecule has 110 valence electrons. The van der Waals surface area contributed by atoms with Crippen molar-refractivity contribution in [2.24, 2.45) is 0 Å². The number of aryl methyl sites for hydroxylation is 1. The lowest BCUT2D eigenvalue weighted by Gasteiger charge is -2.32. The summed E-state index contributed by atoms with van der Waals surface area (Å²) < 4.78 is 0. The summed E-state index contributed by atoms with van der Waals surface area (Å²) in [4.78, 5) is 11.2. The van der Waals surface area contributed by atoms with E-state index >= 15 is 0 Å². The van der Waals surface area contributed by atoms with Crippen molar-refractivity contribution in [2.75, 3.05) is 19.0 Å². The first kappa shape index (κ1) is 13.8. The third kappa shape index (κ3) is 2.95. The van der Waals surface area contributed by atoms with Gasteiger partial charge in [0, 0.05) is 37.9 Å². The van der Waals surface area contributed by atoms with Gasteiger partial charge in [-0.05, 0) is 32.1 Å². The number of anilines is 1. The summed E-state index contributed by atoms with van der Waals surface area (Å²) in [5.74, 6) is 0.835. The summed E-state index contributed by atoms with van der Waals surface area (Å²) in [6, 6.07) is 1.17. The van der Waals surface area contributed by atoms with E-state index in [4.69, 9.17) is 4.98 Å². The Balaban J connectivity index is 1.75. The van der Waals surface area contributed by atoms with Crippen LogP contribution in [0.25, 0.3) is 0 Å². The van der Waals surface area contributed by atoms with Gasteiger partial charge in [0.2, 0.25) is 5.95 Å². The second-order valence-corrected chi connectivity index (χ2v) is 6.41. The van der Waals surface area contributed by atoms with E-state index in [2.05, 4.69) is 16.5 Å². The van der Waals surface area contributed by atoms with Gasteiger partial charge in [-0.2, -0.15) is 0 Å². The number of hydrogen-bond acceptors (Lipinski definition) is 4. The van der Waals surface area contributed by atoms with Crippen LogP contribution in [0.2, 0.25) is 0 Å². The Bertz CT molecular complexity index is 452. The van der Waals surface area contributed by atoms with Crippen LogP contribution in [0.1, 0.15) is 62.2 Å². The van der Waals surface area contributed by atoms with Gasteiger partial charge in [0.1, 0.15) is 0 Å². The zero-order valence-corrected chi connectivity index (χ0v) is 12.7. The minimum Gasteiger partial charge on any atom is -0.347 e. The molecule has 1 fully saturated rings. The number of fused-ring (bicyclic) bond motifs is 1. The van der Waals surface area contributed by atoms with Crippen molar-refractivity contribution in [1.82, 2.24) is 15.3 Å². The fourth-order valence-electron chi connectivity index (χ4n) is 3.48. The van der Waals surface area contributed by atoms with Crippen LogP contribution in [-0.4, -0.2) is 30.1 Å². The molecule has 0 bridgehead atoms. The largest absolute Gasteiger partial charge is 0.347 e. The van der Waals surface area contributed by atoms with E-state index in [0.29, 0.717) is 12.1 Å². The molecule has 0 aliphatic heterocycles. The minimum atomic E-state index is 0.470. The molecule has 1 atom stereocenters. The number of rotatable bonds is 3. The molecule has 0 radical (unpaired) electrons. The molecule has 1 N–H and O–H groups in total. The summed E-state index contributed by atoms with van der Waals surface area (Å²) in [6.07, 6.45) is 12.5. The molecular formula is C16H26N4. The maximum Gasteiger partial charge on any atom is 0.225 e. The molecule has 4 nitrogen and oxygen atoms in total. The normalized spacial score (nSPS) is 23.4. The first-order valence-corrected chi connectivity index (χ1v) is 8.03. The second-order valence-electron chi connectivity index (χ2n) is 6.41. The third-order valence-electron chi connectivity index (χ3n) is 4.61. The number of aromatic nitrogens is 2. The Morgan fingerprint density at radius 3 is 2.65 bits per heavy atom. The first-order chi connectivity index (χ1) is 9.74. The summed E-state index contributed by atoms with van der Waals surface area (Å²) >= 11 is 0. The monoisotopic (exact) mass is 274 g/mol. The standard InChI is InChI=1S/C16H26N4/c1-20(2)16-17-11-13-14(9-6-10-15(13)19-16)18-12-7-4-3-5-8-12/h11-12,14,18H,3-10H2,1-2H3/t14-/m0/s1. The highest BCUT2D eigenvalue weighted by Crippen LogP contribution is 2.31. The Kier molecular flexibility index (Phi) is 4.20. The Morgan fingerprint density at radius 2 is 1.90 bits per heavy atom. The third-order valence-corrected chi connectivity index (χ3v) is 4.61. The van der Waals surface area contributed by atoms with Crippen LogP contribution in [-0.2, 0) is 6.42 Å². The van der Waals surface area contributed by atoms with Gasteiger partial charge in [0.05, 0.1) is 5.69 Å². The van der Waals surface area contributed by atoms with E-state index in [1.54, 1.807) is 0 Å². The van der Waals surface area contributed by atoms with Crippen LogP contribution < -0.4 is 10.2 Å². The van der Waals surface area contributed by atoms with Gasteiger partial charge < -0.3 is 10.2 Å². The molecule has 0 aromatic carbocycles. The van der Waals surface area contributed by atoms with Crippen molar-refractivity contribution in [3.63, 3.8) is 0 Å². The van der Waals surface area contributed by atoms with Crippen LogP contribution in [0.3, 0.4) is 0 Å². The summed E-state index contributed by atoms with van der Waals surface area (Å²) in [7, 11) is 4.00. The predicted octanol–water partition coefficient (Wildman–Crippen LogP) is 2.84. The highest BCUT2D eigenvalue weighted by molar-refractivity contribution is 5.34. The Morgan fingerprint density at radius 1 is 1.10 bits per heavy atom. The molecule has 1 heterocycles. The van der Waals surface area contributed by atoms with E-state index in [1.807, 2.05) is 19.0 Å². The number of nitrogens with zero attached hydrogens (tertiary/aromatic N) is 3. The summed E-state index contributed by atoms with van der Waals surface area (Å²) in [5.41, 5.74) is 2.59. The SMILES string of the molecule is CN(C)c1ncc2c(n1)CCC[C@@H]2NC1CCCCC1. The van der Waals surface area contributed by atoms with Gasteiger partial charge in [-0.25, -0.2) is 9.97 Å². The Hall–Kier alpha value is -1.16. The molecule has 1 aromatic heterocycles. The van der Waals surface area contributed by atoms with Gasteiger partial charge >= 0.3 is 0 Å². The highest BCUT2D eigenvalue weighted by atomic mass is 15.2. The van der Waals surface area contributed by atoms with Crippen LogP contribution in [0.15, 0.2) is 6.20 Å². The van der Waals surface area contributed by atoms with E-state index < -0.39 is 0 Å². The van der Waals surface area contributed by atoms with Crippen molar-refractivity contribution in [3.8, 4) is 0 Å². The molecule has 4 heteroatoms. The summed E-state index contributed by atoms with van der Waals surface area (Å²) in [5, 5.41) is 3.87. The lowest BCUT2D eigenvalue weighted by Crippen LogP contribution is -2.36. The predicted molar refractivity (Wildman–Crippen MR) is 82.0 cm³/mol. The molecule has 0 amide bonds. The smallest absolute Gasteiger partial charge is 0.225 e. The topological polar surface area (TPSA) is 41.1 Å². The zero-order chi connectivity index (χ0) is 13.9. The van der Waals surface area contributed by atoms with E-state index in [0.717, 1.165) is 12.4 Å². The summed E-state index contributed by atoms with van der Waals surface area (Å²) in [6.45, 7) is 0. The maximum absolute atomic E-state index is 4.73. The maximum atomic E-state index is 4.73. The molecule has 3 rings (SSSR count). The minimum absolute atomic E-state index is 0.470. The molecule has 2 aliphatic rings. The van der Waals surface area contributed by atoms with E-state index in [1.165, 1.54) is 56.2 Å². The van der Waals surface area contributed by atoms with E-state index in [9.17, 15) is 0 Å². The first-order valence-electron chi connectivity index (χ1n) is 8.03. The molecule has 0 unspecified atom stereocenters. The van der Waals surface area contributed by atoms with Crippen molar-refractivity contribution in [1.29, 1.82) is 0 Å². The fourth-order valence-corrected chi connectivity index (χ4v) is 3.48. The van der Waals surface area contributed by atoms with Gasteiger partial charge in [0.15, 0.2) is 0 Å². The van der Waals surface area contributed by atoms with Crippen molar-refractivity contribution >= 4 is 5.95 Å². The Labute approximate surface area is 122 Å². The van der Waals surface area contributed by atoms with Crippen LogP contribution in [0, 0.1) is 0 Å². The molecule has 1 saturated carbocycles. The van der Waals surface area contributed by atoms with Gasteiger partial charge in [-0.1, -0.05) is 19.3 Å². The molecule has 20 heavy (non-hydrogen) atoms. The van der Waals surface area contributed by atoms with Crippen LogP contribution in [0.5, 0.6) is 0 Å². The zero-order valence-electron chi connectivity index (χ0n) is 12.7. The molecular weight excluding hydrogens is 248 g/mol. The van der Waals surface area contributed by atoms with E-state index in [-0.39, 0.29) is 0 Å². The molecule has 1 aromatic rings. The van der Waals surface area contributed by atoms with Crippen molar-refractivity contribution in [3.05, 3.63) is 17.5 Å². The molecule has 0 saturated heterocycles. The second kappa shape index (κ2) is 6.08. The highest BCUT2D eigenvalue weighted by Gasteiger charge is 2.25.